The molecule has 11 nitrogen and oxygen atoms in total. The van der Waals surface area contributed by atoms with Crippen molar-refractivity contribution >= 4 is 28.3 Å². The largest absolute Gasteiger partial charge is 0.463 e. The van der Waals surface area contributed by atoms with Gasteiger partial charge in [-0.25, -0.2) is 4.68 Å². The maximum absolute atomic E-state index is 13.0. The molecule has 0 saturated carbocycles. The molecule has 0 aliphatic heterocycles. The predicted molar refractivity (Wildman–Crippen MR) is 127 cm³/mol. The van der Waals surface area contributed by atoms with Gasteiger partial charge in [-0.3, -0.25) is 29.4 Å². The maximum Gasteiger partial charge on any atom is 0.272 e. The molecule has 0 unspecified atom stereocenters. The van der Waals surface area contributed by atoms with Gasteiger partial charge in [0.1, 0.15) is 11.4 Å². The lowest BCUT2D eigenvalue weighted by atomic mass is 10.1. The quantitative estimate of drug-likeness (QED) is 0.298. The van der Waals surface area contributed by atoms with Crippen LogP contribution in [0.4, 0.5) is 5.69 Å². The summed E-state index contributed by atoms with van der Waals surface area (Å²) in [6.07, 6.45) is 1.51. The molecule has 3 heterocycles. The molecule has 4 N–H and O–H groups in total. The van der Waals surface area contributed by atoms with Crippen molar-refractivity contribution in [3.63, 3.8) is 0 Å². The number of fused-ring (bicyclic) bond motifs is 1. The molecule has 5 aromatic rings. The van der Waals surface area contributed by atoms with Crippen LogP contribution in [-0.4, -0.2) is 38.3 Å². The summed E-state index contributed by atoms with van der Waals surface area (Å²) in [6, 6.07) is 18.6. The number of hydrogen-bond acceptors (Lipinski definition) is 6. The van der Waals surface area contributed by atoms with Gasteiger partial charge in [0.25, 0.3) is 17.0 Å². The molecule has 0 aliphatic rings. The maximum atomic E-state index is 13.0. The normalized spacial score (nSPS) is 10.9. The Bertz CT molecular complexity index is 1650. The number of aromatic nitrogens is 4. The zero-order valence-electron chi connectivity index (χ0n) is 18.1. The average Bonchev–Trinajstić information content (AvgIpc) is 3.56. The Hall–Kier alpha value is -5.19. The predicted octanol–water partition coefficient (Wildman–Crippen LogP) is 2.03. The van der Waals surface area contributed by atoms with Crippen LogP contribution in [0.25, 0.3) is 27.9 Å². The van der Waals surface area contributed by atoms with Gasteiger partial charge in [-0.1, -0.05) is 24.3 Å². The third-order valence-electron chi connectivity index (χ3n) is 5.23. The molecule has 0 atom stereocenters. The van der Waals surface area contributed by atoms with Gasteiger partial charge >= 0.3 is 0 Å². The van der Waals surface area contributed by atoms with Crippen LogP contribution in [0.1, 0.15) is 10.5 Å². The number of nitrogens with one attached hydrogen (secondary N) is 4. The average molecular weight is 470 g/mol. The van der Waals surface area contributed by atoms with E-state index in [1.54, 1.807) is 36.4 Å². The van der Waals surface area contributed by atoms with E-state index in [0.29, 0.717) is 17.1 Å². The lowest BCUT2D eigenvalue weighted by Crippen LogP contribution is -2.34. The number of amides is 2. The van der Waals surface area contributed by atoms with Crippen molar-refractivity contribution in [1.29, 1.82) is 0 Å². The molecular weight excluding hydrogens is 452 g/mol. The Morgan fingerprint density at radius 3 is 2.51 bits per heavy atom. The van der Waals surface area contributed by atoms with Crippen LogP contribution in [0.15, 0.2) is 87.0 Å². The van der Waals surface area contributed by atoms with E-state index in [9.17, 15) is 19.2 Å². The van der Waals surface area contributed by atoms with E-state index in [1.165, 1.54) is 23.1 Å². The summed E-state index contributed by atoms with van der Waals surface area (Å²) in [5, 5.41) is 14.3. The van der Waals surface area contributed by atoms with Crippen molar-refractivity contribution < 1.29 is 14.0 Å². The van der Waals surface area contributed by atoms with Gasteiger partial charge in [-0.15, -0.1) is 0 Å². The Morgan fingerprint density at radius 2 is 1.74 bits per heavy atom. The zero-order chi connectivity index (χ0) is 24.4. The third kappa shape index (κ3) is 4.25. The van der Waals surface area contributed by atoms with E-state index >= 15 is 0 Å². The van der Waals surface area contributed by atoms with Gasteiger partial charge in [0.05, 0.1) is 35.0 Å². The molecule has 0 saturated heterocycles. The summed E-state index contributed by atoms with van der Waals surface area (Å²) in [5.74, 6) is -0.633. The van der Waals surface area contributed by atoms with Crippen LogP contribution >= 0.6 is 0 Å². The number of para-hydroxylation sites is 1. The number of hydrogen-bond donors (Lipinski definition) is 4. The lowest BCUT2D eigenvalue weighted by Gasteiger charge is -2.10. The molecule has 0 fully saturated rings. The molecule has 5 rings (SSSR count). The highest BCUT2D eigenvalue weighted by Crippen LogP contribution is 2.22. The molecule has 0 radical (unpaired) electrons. The van der Waals surface area contributed by atoms with Crippen molar-refractivity contribution in [3.05, 3.63) is 99.4 Å². The van der Waals surface area contributed by atoms with Crippen molar-refractivity contribution in [2.75, 3.05) is 11.9 Å². The summed E-state index contributed by atoms with van der Waals surface area (Å²) in [7, 11) is 0. The van der Waals surface area contributed by atoms with Gasteiger partial charge in [0.15, 0.2) is 5.76 Å². The molecule has 11 heteroatoms. The summed E-state index contributed by atoms with van der Waals surface area (Å²) in [6.45, 7) is -0.383. The first-order valence-electron chi connectivity index (χ1n) is 10.5. The van der Waals surface area contributed by atoms with E-state index in [1.807, 2.05) is 18.2 Å². The zero-order valence-corrected chi connectivity index (χ0v) is 18.1. The van der Waals surface area contributed by atoms with Crippen LogP contribution in [0, 0.1) is 0 Å². The van der Waals surface area contributed by atoms with E-state index < -0.39 is 22.9 Å². The van der Waals surface area contributed by atoms with Crippen molar-refractivity contribution in [1.82, 2.24) is 25.3 Å². The molecule has 0 bridgehead atoms. The van der Waals surface area contributed by atoms with E-state index in [4.69, 9.17) is 4.42 Å². The second-order valence-corrected chi connectivity index (χ2v) is 7.51. The molecule has 0 aliphatic carbocycles. The number of rotatable bonds is 6. The van der Waals surface area contributed by atoms with Crippen molar-refractivity contribution in [2.45, 2.75) is 0 Å². The number of benzene rings is 2. The highest BCUT2D eigenvalue weighted by molar-refractivity contribution is 6.04. The molecule has 0 spiro atoms. The summed E-state index contributed by atoms with van der Waals surface area (Å²) < 4.78 is 6.86. The minimum atomic E-state index is -0.581. The third-order valence-corrected chi connectivity index (χ3v) is 5.23. The highest BCUT2D eigenvalue weighted by Gasteiger charge is 2.20. The van der Waals surface area contributed by atoms with Crippen molar-refractivity contribution in [3.8, 4) is 17.1 Å². The molecular formula is C24H18N6O5. The Labute approximate surface area is 196 Å². The molecule has 35 heavy (non-hydrogen) atoms. The van der Waals surface area contributed by atoms with E-state index in [2.05, 4.69) is 25.9 Å². The minimum absolute atomic E-state index is 0.0428. The first-order valence-corrected chi connectivity index (χ1v) is 10.5. The van der Waals surface area contributed by atoms with Gasteiger partial charge in [0, 0.05) is 6.07 Å². The first-order chi connectivity index (χ1) is 17.0. The number of carbonyl (C=O) groups is 2. The summed E-state index contributed by atoms with van der Waals surface area (Å²) in [4.78, 5) is 49.7. The van der Waals surface area contributed by atoms with Crippen LogP contribution in [0.3, 0.4) is 0 Å². The monoisotopic (exact) mass is 470 g/mol. The van der Waals surface area contributed by atoms with Crippen molar-refractivity contribution in [2.24, 2.45) is 0 Å². The number of furan rings is 1. The smallest absolute Gasteiger partial charge is 0.272 e. The summed E-state index contributed by atoms with van der Waals surface area (Å²) in [5.41, 5.74) is 0.406. The fraction of sp³-hybridized carbons (Fsp3) is 0.0417. The van der Waals surface area contributed by atoms with Crippen LogP contribution in [-0.2, 0) is 4.79 Å². The number of H-pyrrole nitrogens is 2. The Kier molecular flexibility index (Phi) is 5.55. The number of carbonyl (C=O) groups excluding carboxylic acids is 2. The minimum Gasteiger partial charge on any atom is -0.463 e. The van der Waals surface area contributed by atoms with Crippen LogP contribution in [0.2, 0.25) is 0 Å². The highest BCUT2D eigenvalue weighted by atomic mass is 16.3. The van der Waals surface area contributed by atoms with Crippen LogP contribution in [0.5, 0.6) is 0 Å². The topological polar surface area (TPSA) is 155 Å². The fourth-order valence-electron chi connectivity index (χ4n) is 3.63. The second kappa shape index (κ2) is 8.98. The summed E-state index contributed by atoms with van der Waals surface area (Å²) >= 11 is 0. The van der Waals surface area contributed by atoms with Gasteiger partial charge < -0.3 is 15.1 Å². The molecule has 2 aromatic carbocycles. The van der Waals surface area contributed by atoms with E-state index in [-0.39, 0.29) is 28.7 Å². The first kappa shape index (κ1) is 21.6. The second-order valence-electron chi connectivity index (χ2n) is 7.51. The fourth-order valence-corrected chi connectivity index (χ4v) is 3.63. The Balaban J connectivity index is 1.37. The van der Waals surface area contributed by atoms with Gasteiger partial charge in [0.2, 0.25) is 5.91 Å². The SMILES string of the molecule is O=C(CNC(=O)c1cc(-c2ccco2)nn1-c1ccccc1)Nc1cccc2c(=O)[nH][nH]c(=O)c12. The number of nitrogens with zero attached hydrogens (tertiary/aromatic N) is 2. The number of anilines is 1. The van der Waals surface area contributed by atoms with E-state index in [0.717, 1.165) is 0 Å². The number of aromatic amines is 2. The standard InChI is InChI=1S/C24H18N6O5/c31-20(26-16-9-4-8-15-21(16)24(34)28-27-22(15)32)13-25-23(33)18-12-17(19-10-5-11-35-19)29-30(18)14-6-2-1-3-7-14/h1-12H,13H2,(H,25,33)(H,26,31)(H,27,32)(H,28,34). The lowest BCUT2D eigenvalue weighted by molar-refractivity contribution is -0.115. The molecule has 174 valence electrons. The molecule has 3 aromatic heterocycles. The van der Waals surface area contributed by atoms with Gasteiger partial charge in [-0.2, -0.15) is 5.10 Å². The molecule has 2 amide bonds. The van der Waals surface area contributed by atoms with Crippen LogP contribution < -0.4 is 21.8 Å². The Morgan fingerprint density at radius 1 is 0.943 bits per heavy atom. The van der Waals surface area contributed by atoms with Gasteiger partial charge in [-0.05, 0) is 36.4 Å².